The zero-order valence-electron chi connectivity index (χ0n) is 12.5. The predicted molar refractivity (Wildman–Crippen MR) is 79.8 cm³/mol. The molecule has 0 bridgehead atoms. The molecular weight excluding hydrogens is 268 g/mol. The summed E-state index contributed by atoms with van der Waals surface area (Å²) in [6.45, 7) is 4.90. The molecule has 3 rings (SSSR count). The van der Waals surface area contributed by atoms with Gasteiger partial charge in [0.05, 0.1) is 18.9 Å². The summed E-state index contributed by atoms with van der Waals surface area (Å²) >= 11 is 0. The van der Waals surface area contributed by atoms with E-state index >= 15 is 0 Å². The van der Waals surface area contributed by atoms with E-state index in [9.17, 15) is 10.2 Å². The summed E-state index contributed by atoms with van der Waals surface area (Å²) in [7, 11) is 0. The lowest BCUT2D eigenvalue weighted by atomic mass is 9.92. The van der Waals surface area contributed by atoms with E-state index in [4.69, 9.17) is 4.42 Å². The average molecular weight is 294 g/mol. The Balaban J connectivity index is 1.45. The number of β-amino-alcohol motifs (C(OH)–C–C–N with tert-alkyl or cyclic N) is 1. The highest BCUT2D eigenvalue weighted by molar-refractivity contribution is 4.98. The van der Waals surface area contributed by atoms with Crippen LogP contribution in [0.3, 0.4) is 0 Å². The molecule has 21 heavy (non-hydrogen) atoms. The number of hydrogen-bond acceptors (Lipinski definition) is 5. The monoisotopic (exact) mass is 294 g/mol. The lowest BCUT2D eigenvalue weighted by Gasteiger charge is -2.43. The van der Waals surface area contributed by atoms with Gasteiger partial charge < -0.3 is 14.6 Å². The number of piperidine rings is 2. The standard InChI is InChI=1S/C16H26N2O3/c19-12-13-3-8-18(11-16(13)20)14-4-6-17(7-5-14)10-15-2-1-9-21-15/h1-2,9,13-14,16,19-20H,3-8,10-12H2/t13-,16-/m1/s1. The molecule has 118 valence electrons. The van der Waals surface area contributed by atoms with E-state index in [-0.39, 0.29) is 18.6 Å². The van der Waals surface area contributed by atoms with Crippen molar-refractivity contribution < 1.29 is 14.6 Å². The summed E-state index contributed by atoms with van der Waals surface area (Å²) in [5, 5.41) is 19.3. The van der Waals surface area contributed by atoms with Crippen LogP contribution in [0.1, 0.15) is 25.0 Å². The number of rotatable bonds is 4. The Labute approximate surface area is 126 Å². The largest absolute Gasteiger partial charge is 0.468 e. The molecule has 2 fully saturated rings. The molecule has 2 aliphatic heterocycles. The first kappa shape index (κ1) is 15.0. The van der Waals surface area contributed by atoms with Crippen LogP contribution in [0.5, 0.6) is 0 Å². The van der Waals surface area contributed by atoms with E-state index in [0.717, 1.165) is 51.2 Å². The van der Waals surface area contributed by atoms with Crippen LogP contribution in [0.2, 0.25) is 0 Å². The van der Waals surface area contributed by atoms with Gasteiger partial charge in [0.25, 0.3) is 0 Å². The van der Waals surface area contributed by atoms with Gasteiger partial charge in [0, 0.05) is 38.2 Å². The third-order valence-corrected chi connectivity index (χ3v) is 5.02. The minimum absolute atomic E-state index is 0.0697. The van der Waals surface area contributed by atoms with Crippen LogP contribution in [0.4, 0.5) is 0 Å². The Hall–Kier alpha value is -0.880. The Morgan fingerprint density at radius 2 is 2.00 bits per heavy atom. The summed E-state index contributed by atoms with van der Waals surface area (Å²) in [5.41, 5.74) is 0. The van der Waals surface area contributed by atoms with Crippen LogP contribution in [0.25, 0.3) is 0 Å². The lowest BCUT2D eigenvalue weighted by Crippen LogP contribution is -2.52. The van der Waals surface area contributed by atoms with E-state index in [2.05, 4.69) is 9.80 Å². The van der Waals surface area contributed by atoms with Crippen molar-refractivity contribution in [1.29, 1.82) is 0 Å². The van der Waals surface area contributed by atoms with Gasteiger partial charge in [-0.1, -0.05) is 0 Å². The molecule has 3 heterocycles. The van der Waals surface area contributed by atoms with Crippen LogP contribution < -0.4 is 0 Å². The number of likely N-dealkylation sites (tertiary alicyclic amines) is 2. The smallest absolute Gasteiger partial charge is 0.117 e. The Bertz CT molecular complexity index is 415. The molecule has 0 amide bonds. The van der Waals surface area contributed by atoms with Crippen LogP contribution in [0, 0.1) is 5.92 Å². The lowest BCUT2D eigenvalue weighted by molar-refractivity contribution is -0.0269. The average Bonchev–Trinajstić information content (AvgIpc) is 3.01. The van der Waals surface area contributed by atoms with Gasteiger partial charge in [-0.05, 0) is 37.9 Å². The van der Waals surface area contributed by atoms with Gasteiger partial charge in [-0.2, -0.15) is 0 Å². The number of nitrogens with zero attached hydrogens (tertiary/aromatic N) is 2. The highest BCUT2D eigenvalue weighted by atomic mass is 16.3. The van der Waals surface area contributed by atoms with Crippen molar-refractivity contribution in [3.63, 3.8) is 0 Å². The van der Waals surface area contributed by atoms with E-state index in [1.54, 1.807) is 6.26 Å². The topological polar surface area (TPSA) is 60.1 Å². The molecule has 2 N–H and O–H groups in total. The zero-order chi connectivity index (χ0) is 14.7. The van der Waals surface area contributed by atoms with E-state index in [0.29, 0.717) is 12.6 Å². The van der Waals surface area contributed by atoms with E-state index < -0.39 is 0 Å². The van der Waals surface area contributed by atoms with Crippen LogP contribution in [-0.2, 0) is 6.54 Å². The van der Waals surface area contributed by atoms with Gasteiger partial charge in [-0.25, -0.2) is 0 Å². The maximum absolute atomic E-state index is 10.1. The Kier molecular flexibility index (Phi) is 4.95. The van der Waals surface area contributed by atoms with Crippen molar-refractivity contribution >= 4 is 0 Å². The normalized spacial score (nSPS) is 29.8. The Morgan fingerprint density at radius 3 is 2.62 bits per heavy atom. The SMILES string of the molecule is OC[C@H]1CCN(C2CCN(Cc3ccco3)CC2)C[C@H]1O. The van der Waals surface area contributed by atoms with Crippen LogP contribution in [-0.4, -0.2) is 64.9 Å². The Morgan fingerprint density at radius 1 is 1.19 bits per heavy atom. The summed E-state index contributed by atoms with van der Waals surface area (Å²) in [5.74, 6) is 1.10. The molecule has 0 saturated carbocycles. The first-order valence-electron chi connectivity index (χ1n) is 8.04. The maximum atomic E-state index is 10.1. The number of aliphatic hydroxyl groups excluding tert-OH is 2. The molecule has 0 unspecified atom stereocenters. The summed E-state index contributed by atoms with van der Waals surface area (Å²) in [6, 6.07) is 4.55. The minimum atomic E-state index is -0.370. The van der Waals surface area contributed by atoms with Crippen molar-refractivity contribution in [2.24, 2.45) is 5.92 Å². The number of furan rings is 1. The highest BCUT2D eigenvalue weighted by Gasteiger charge is 2.32. The van der Waals surface area contributed by atoms with Crippen molar-refractivity contribution in [1.82, 2.24) is 9.80 Å². The summed E-state index contributed by atoms with van der Waals surface area (Å²) in [6.07, 6.45) is 4.57. The fourth-order valence-electron chi connectivity index (χ4n) is 3.61. The van der Waals surface area contributed by atoms with Gasteiger partial charge in [0.15, 0.2) is 0 Å². The molecular formula is C16H26N2O3. The maximum Gasteiger partial charge on any atom is 0.117 e. The molecule has 5 nitrogen and oxygen atoms in total. The molecule has 1 aromatic heterocycles. The van der Waals surface area contributed by atoms with Crippen molar-refractivity contribution in [3.05, 3.63) is 24.2 Å². The summed E-state index contributed by atoms with van der Waals surface area (Å²) < 4.78 is 5.41. The molecule has 5 heteroatoms. The van der Waals surface area contributed by atoms with E-state index in [1.807, 2.05) is 12.1 Å². The van der Waals surface area contributed by atoms with Gasteiger partial charge in [-0.3, -0.25) is 9.80 Å². The first-order valence-corrected chi connectivity index (χ1v) is 8.04. The fourth-order valence-corrected chi connectivity index (χ4v) is 3.61. The number of hydrogen-bond donors (Lipinski definition) is 2. The van der Waals surface area contributed by atoms with Crippen molar-refractivity contribution in [2.75, 3.05) is 32.8 Å². The minimum Gasteiger partial charge on any atom is -0.468 e. The third-order valence-electron chi connectivity index (χ3n) is 5.02. The number of aliphatic hydroxyl groups is 2. The molecule has 2 atom stereocenters. The predicted octanol–water partition coefficient (Wildman–Crippen LogP) is 0.919. The molecule has 0 aromatic carbocycles. The van der Waals surface area contributed by atoms with Crippen LogP contribution in [0.15, 0.2) is 22.8 Å². The highest BCUT2D eigenvalue weighted by Crippen LogP contribution is 2.24. The van der Waals surface area contributed by atoms with E-state index in [1.165, 1.54) is 0 Å². The second kappa shape index (κ2) is 6.92. The molecule has 0 radical (unpaired) electrons. The van der Waals surface area contributed by atoms with Crippen molar-refractivity contribution in [3.8, 4) is 0 Å². The van der Waals surface area contributed by atoms with Gasteiger partial charge in [0.1, 0.15) is 5.76 Å². The second-order valence-corrected chi connectivity index (χ2v) is 6.38. The van der Waals surface area contributed by atoms with Crippen molar-refractivity contribution in [2.45, 2.75) is 38.0 Å². The third kappa shape index (κ3) is 3.66. The van der Waals surface area contributed by atoms with Gasteiger partial charge in [-0.15, -0.1) is 0 Å². The molecule has 2 saturated heterocycles. The van der Waals surface area contributed by atoms with Gasteiger partial charge in [0.2, 0.25) is 0 Å². The first-order chi connectivity index (χ1) is 10.3. The quantitative estimate of drug-likeness (QED) is 0.865. The van der Waals surface area contributed by atoms with Gasteiger partial charge >= 0.3 is 0 Å². The second-order valence-electron chi connectivity index (χ2n) is 6.38. The summed E-state index contributed by atoms with van der Waals surface area (Å²) in [4.78, 5) is 4.85. The zero-order valence-corrected chi connectivity index (χ0v) is 12.5. The molecule has 1 aromatic rings. The fraction of sp³-hybridized carbons (Fsp3) is 0.750. The molecule has 0 aliphatic carbocycles. The van der Waals surface area contributed by atoms with Crippen LogP contribution >= 0.6 is 0 Å². The molecule has 0 spiro atoms. The molecule has 2 aliphatic rings.